The second kappa shape index (κ2) is 7.61. The fourth-order valence-corrected chi connectivity index (χ4v) is 2.25. The van der Waals surface area contributed by atoms with Crippen LogP contribution in [0.1, 0.15) is 66.7 Å². The fourth-order valence-electron chi connectivity index (χ4n) is 2.25. The molecule has 19 heavy (non-hydrogen) atoms. The van der Waals surface area contributed by atoms with Gasteiger partial charge in [0, 0.05) is 0 Å². The molecule has 1 saturated heterocycles. The smallest absolute Gasteiger partial charge is 0.104 e. The summed E-state index contributed by atoms with van der Waals surface area (Å²) in [5.41, 5.74) is -0.0127. The van der Waals surface area contributed by atoms with E-state index in [1.165, 1.54) is 0 Å². The van der Waals surface area contributed by atoms with E-state index in [2.05, 4.69) is 34.6 Å². The minimum atomic E-state index is -0.0334. The zero-order valence-corrected chi connectivity index (χ0v) is 13.5. The molecule has 0 radical (unpaired) electrons. The molecule has 0 spiro atoms. The standard InChI is InChI=1S/C16H32O3/c1-6-15(5,7-2)18-11-10-16(8-3,9-4)19-13-14-12-17-14/h14H,6-13H2,1-5H3. The van der Waals surface area contributed by atoms with Gasteiger partial charge in [-0.15, -0.1) is 0 Å². The molecule has 1 rings (SSSR count). The summed E-state index contributed by atoms with van der Waals surface area (Å²) in [5.74, 6) is 0. The van der Waals surface area contributed by atoms with E-state index in [1.54, 1.807) is 0 Å². The second-order valence-electron chi connectivity index (χ2n) is 5.91. The third-order valence-electron chi connectivity index (χ3n) is 4.77. The Morgan fingerprint density at radius 2 is 1.58 bits per heavy atom. The fraction of sp³-hybridized carbons (Fsp3) is 1.00. The lowest BCUT2D eigenvalue weighted by atomic mass is 9.93. The Kier molecular flexibility index (Phi) is 6.78. The van der Waals surface area contributed by atoms with Crippen LogP contribution in [0, 0.1) is 0 Å². The average molecular weight is 272 g/mol. The summed E-state index contributed by atoms with van der Waals surface area (Å²) in [5, 5.41) is 0. The lowest BCUT2D eigenvalue weighted by molar-refractivity contribution is -0.101. The molecular formula is C16H32O3. The molecule has 1 unspecified atom stereocenters. The first-order valence-corrected chi connectivity index (χ1v) is 7.92. The van der Waals surface area contributed by atoms with Crippen LogP contribution >= 0.6 is 0 Å². The van der Waals surface area contributed by atoms with Crippen LogP contribution in [0.25, 0.3) is 0 Å². The van der Waals surface area contributed by atoms with Crippen LogP contribution in [0.15, 0.2) is 0 Å². The first kappa shape index (κ1) is 16.9. The normalized spacial score (nSPS) is 19.7. The minimum absolute atomic E-state index is 0.0207. The molecule has 114 valence electrons. The Morgan fingerprint density at radius 3 is 2.00 bits per heavy atom. The third-order valence-corrected chi connectivity index (χ3v) is 4.77. The summed E-state index contributed by atoms with van der Waals surface area (Å²) in [6, 6.07) is 0. The highest BCUT2D eigenvalue weighted by Crippen LogP contribution is 2.28. The van der Waals surface area contributed by atoms with Crippen molar-refractivity contribution in [3.05, 3.63) is 0 Å². The first-order valence-electron chi connectivity index (χ1n) is 7.92. The number of rotatable bonds is 11. The van der Waals surface area contributed by atoms with Crippen molar-refractivity contribution in [2.75, 3.05) is 19.8 Å². The van der Waals surface area contributed by atoms with Crippen LogP contribution in [-0.4, -0.2) is 37.1 Å². The number of ether oxygens (including phenoxy) is 3. The molecule has 1 atom stereocenters. The SMILES string of the molecule is CCC(C)(CC)OCCC(CC)(CC)OCC1CO1. The van der Waals surface area contributed by atoms with Crippen molar-refractivity contribution in [1.82, 2.24) is 0 Å². The van der Waals surface area contributed by atoms with Gasteiger partial charge in [-0.1, -0.05) is 27.7 Å². The zero-order valence-electron chi connectivity index (χ0n) is 13.5. The molecule has 1 aliphatic heterocycles. The van der Waals surface area contributed by atoms with Crippen molar-refractivity contribution < 1.29 is 14.2 Å². The van der Waals surface area contributed by atoms with E-state index in [-0.39, 0.29) is 11.2 Å². The van der Waals surface area contributed by atoms with Crippen LogP contribution in [0.4, 0.5) is 0 Å². The monoisotopic (exact) mass is 272 g/mol. The number of hydrogen-bond donors (Lipinski definition) is 0. The zero-order chi connectivity index (χ0) is 14.4. The van der Waals surface area contributed by atoms with Crippen LogP contribution in [0.3, 0.4) is 0 Å². The van der Waals surface area contributed by atoms with Gasteiger partial charge in [0.15, 0.2) is 0 Å². The maximum Gasteiger partial charge on any atom is 0.104 e. The van der Waals surface area contributed by atoms with Crippen molar-refractivity contribution in [3.63, 3.8) is 0 Å². The topological polar surface area (TPSA) is 31.0 Å². The van der Waals surface area contributed by atoms with E-state index < -0.39 is 0 Å². The van der Waals surface area contributed by atoms with Gasteiger partial charge in [0.05, 0.1) is 31.0 Å². The van der Waals surface area contributed by atoms with Crippen molar-refractivity contribution in [2.45, 2.75) is 84.0 Å². The maximum atomic E-state index is 6.13. The van der Waals surface area contributed by atoms with Crippen molar-refractivity contribution in [1.29, 1.82) is 0 Å². The van der Waals surface area contributed by atoms with Gasteiger partial charge in [-0.05, 0) is 39.0 Å². The molecule has 3 heteroatoms. The van der Waals surface area contributed by atoms with Crippen LogP contribution in [-0.2, 0) is 14.2 Å². The van der Waals surface area contributed by atoms with Gasteiger partial charge >= 0.3 is 0 Å². The molecule has 0 amide bonds. The predicted octanol–water partition coefficient (Wildman–Crippen LogP) is 3.95. The van der Waals surface area contributed by atoms with Gasteiger partial charge in [-0.3, -0.25) is 0 Å². The van der Waals surface area contributed by atoms with Crippen LogP contribution < -0.4 is 0 Å². The van der Waals surface area contributed by atoms with Crippen LogP contribution in [0.5, 0.6) is 0 Å². The molecule has 0 aliphatic carbocycles. The third kappa shape index (κ3) is 5.41. The Morgan fingerprint density at radius 1 is 1.00 bits per heavy atom. The number of hydrogen-bond acceptors (Lipinski definition) is 3. The maximum absolute atomic E-state index is 6.13. The summed E-state index contributed by atoms with van der Waals surface area (Å²) < 4.78 is 17.5. The predicted molar refractivity (Wildman–Crippen MR) is 78.6 cm³/mol. The molecule has 0 aromatic rings. The summed E-state index contributed by atoms with van der Waals surface area (Å²) in [4.78, 5) is 0. The summed E-state index contributed by atoms with van der Waals surface area (Å²) >= 11 is 0. The van der Waals surface area contributed by atoms with Crippen molar-refractivity contribution in [3.8, 4) is 0 Å². The Balaban J connectivity index is 2.38. The minimum Gasteiger partial charge on any atom is -0.375 e. The molecule has 0 N–H and O–H groups in total. The van der Waals surface area contributed by atoms with E-state index in [9.17, 15) is 0 Å². The summed E-state index contributed by atoms with van der Waals surface area (Å²) in [6.07, 6.45) is 5.51. The Bertz CT molecular complexity index is 240. The molecule has 0 bridgehead atoms. The highest BCUT2D eigenvalue weighted by Gasteiger charge is 2.32. The Hall–Kier alpha value is -0.120. The molecule has 0 aromatic carbocycles. The largest absolute Gasteiger partial charge is 0.375 e. The van der Waals surface area contributed by atoms with E-state index in [4.69, 9.17) is 14.2 Å². The van der Waals surface area contributed by atoms with Crippen LogP contribution in [0.2, 0.25) is 0 Å². The molecule has 0 aromatic heterocycles. The van der Waals surface area contributed by atoms with Gasteiger partial charge in [0.25, 0.3) is 0 Å². The van der Waals surface area contributed by atoms with E-state index >= 15 is 0 Å². The summed E-state index contributed by atoms with van der Waals surface area (Å²) in [6.45, 7) is 13.4. The number of epoxide rings is 1. The van der Waals surface area contributed by atoms with Gasteiger partial charge in [-0.25, -0.2) is 0 Å². The highest BCUT2D eigenvalue weighted by atomic mass is 16.6. The molecule has 1 aliphatic rings. The van der Waals surface area contributed by atoms with Gasteiger partial charge in [-0.2, -0.15) is 0 Å². The molecule has 0 saturated carbocycles. The molecule has 1 fully saturated rings. The first-order chi connectivity index (χ1) is 9.03. The van der Waals surface area contributed by atoms with Gasteiger partial charge < -0.3 is 14.2 Å². The molecule has 1 heterocycles. The van der Waals surface area contributed by atoms with Gasteiger partial charge in [0.1, 0.15) is 6.10 Å². The van der Waals surface area contributed by atoms with Crippen molar-refractivity contribution in [2.24, 2.45) is 0 Å². The lowest BCUT2D eigenvalue weighted by Crippen LogP contribution is -2.36. The molecule has 3 nitrogen and oxygen atoms in total. The second-order valence-corrected chi connectivity index (χ2v) is 5.91. The van der Waals surface area contributed by atoms with E-state index in [0.717, 1.165) is 51.9 Å². The Labute approximate surface area is 119 Å². The highest BCUT2D eigenvalue weighted by molar-refractivity contribution is 4.81. The van der Waals surface area contributed by atoms with Crippen molar-refractivity contribution >= 4 is 0 Å². The summed E-state index contributed by atoms with van der Waals surface area (Å²) in [7, 11) is 0. The quantitative estimate of drug-likeness (QED) is 0.534. The lowest BCUT2D eigenvalue weighted by Gasteiger charge is -2.34. The average Bonchev–Trinajstić information content (AvgIpc) is 3.27. The van der Waals surface area contributed by atoms with E-state index in [0.29, 0.717) is 6.10 Å². The molecular weight excluding hydrogens is 240 g/mol. The van der Waals surface area contributed by atoms with E-state index in [1.807, 2.05) is 0 Å². The van der Waals surface area contributed by atoms with Gasteiger partial charge in [0.2, 0.25) is 0 Å².